The van der Waals surface area contributed by atoms with Gasteiger partial charge in [-0.3, -0.25) is 14.6 Å². The molecular formula is C14H21N3O3. The van der Waals surface area contributed by atoms with E-state index in [0.717, 1.165) is 19.3 Å². The summed E-state index contributed by atoms with van der Waals surface area (Å²) in [7, 11) is 0. The van der Waals surface area contributed by atoms with Crippen LogP contribution in [-0.2, 0) is 4.79 Å². The van der Waals surface area contributed by atoms with E-state index in [1.54, 1.807) is 0 Å². The lowest BCUT2D eigenvalue weighted by Gasteiger charge is -2.15. The van der Waals surface area contributed by atoms with E-state index in [4.69, 9.17) is 5.11 Å². The average molecular weight is 279 g/mol. The van der Waals surface area contributed by atoms with Crippen molar-refractivity contribution in [2.75, 3.05) is 6.54 Å². The number of carbonyl (C=O) groups excluding carboxylic acids is 1. The standard InChI is InChI=1S/C14H21N3O3/c1-2-3-11(4-5-13(18)19)6-7-17-14(20)12-10-15-8-9-16-12/h8-11H,2-7H2,1H3,(H,17,20)(H,18,19). The molecule has 1 amide bonds. The van der Waals surface area contributed by atoms with Gasteiger partial charge in [0.2, 0.25) is 0 Å². The number of aromatic nitrogens is 2. The van der Waals surface area contributed by atoms with E-state index < -0.39 is 5.97 Å². The number of rotatable bonds is 9. The molecule has 0 fully saturated rings. The van der Waals surface area contributed by atoms with E-state index in [2.05, 4.69) is 22.2 Å². The molecule has 0 aliphatic rings. The Morgan fingerprint density at radius 2 is 2.10 bits per heavy atom. The molecule has 0 spiro atoms. The molecule has 110 valence electrons. The van der Waals surface area contributed by atoms with Crippen molar-refractivity contribution in [3.8, 4) is 0 Å². The summed E-state index contributed by atoms with van der Waals surface area (Å²) in [6.07, 6.45) is 8.03. The van der Waals surface area contributed by atoms with Gasteiger partial charge in [-0.05, 0) is 18.8 Å². The third-order valence-corrected chi connectivity index (χ3v) is 3.10. The molecule has 1 heterocycles. The number of carboxylic acid groups (broad SMARTS) is 1. The van der Waals surface area contributed by atoms with Crippen LogP contribution in [0.2, 0.25) is 0 Å². The summed E-state index contributed by atoms with van der Waals surface area (Å²) in [5.74, 6) is -0.681. The zero-order valence-corrected chi connectivity index (χ0v) is 11.7. The van der Waals surface area contributed by atoms with Crippen molar-refractivity contribution in [1.82, 2.24) is 15.3 Å². The number of hydrogen-bond acceptors (Lipinski definition) is 4. The molecule has 1 aromatic heterocycles. The van der Waals surface area contributed by atoms with Crippen LogP contribution < -0.4 is 5.32 Å². The van der Waals surface area contributed by atoms with Crippen molar-refractivity contribution in [2.24, 2.45) is 5.92 Å². The average Bonchev–Trinajstić information content (AvgIpc) is 2.45. The second-order valence-electron chi connectivity index (χ2n) is 4.72. The molecule has 0 saturated heterocycles. The summed E-state index contributed by atoms with van der Waals surface area (Å²) in [6.45, 7) is 2.60. The monoisotopic (exact) mass is 279 g/mol. The third kappa shape index (κ3) is 6.26. The smallest absolute Gasteiger partial charge is 0.303 e. The van der Waals surface area contributed by atoms with Crippen LogP contribution in [0.5, 0.6) is 0 Å². The first kappa shape index (κ1) is 16.1. The number of nitrogens with one attached hydrogen (secondary N) is 1. The van der Waals surface area contributed by atoms with Gasteiger partial charge in [-0.15, -0.1) is 0 Å². The Morgan fingerprint density at radius 3 is 2.70 bits per heavy atom. The molecule has 6 heteroatoms. The highest BCUT2D eigenvalue weighted by Crippen LogP contribution is 2.17. The number of hydrogen-bond donors (Lipinski definition) is 2. The first-order valence-corrected chi connectivity index (χ1v) is 6.89. The Kier molecular flexibility index (Phi) is 7.24. The van der Waals surface area contributed by atoms with E-state index >= 15 is 0 Å². The molecule has 0 radical (unpaired) electrons. The van der Waals surface area contributed by atoms with Crippen LogP contribution >= 0.6 is 0 Å². The predicted octanol–water partition coefficient (Wildman–Crippen LogP) is 1.88. The zero-order chi connectivity index (χ0) is 14.8. The summed E-state index contributed by atoms with van der Waals surface area (Å²) in [5, 5.41) is 11.5. The molecule has 0 aliphatic heterocycles. The maximum atomic E-state index is 11.7. The summed E-state index contributed by atoms with van der Waals surface area (Å²) in [4.78, 5) is 30.1. The summed E-state index contributed by atoms with van der Waals surface area (Å²) in [6, 6.07) is 0. The van der Waals surface area contributed by atoms with Gasteiger partial charge in [0.25, 0.3) is 5.91 Å². The molecule has 6 nitrogen and oxygen atoms in total. The summed E-state index contributed by atoms with van der Waals surface area (Å²) < 4.78 is 0. The molecule has 1 atom stereocenters. The molecule has 20 heavy (non-hydrogen) atoms. The van der Waals surface area contributed by atoms with Crippen LogP contribution in [0.1, 0.15) is 49.5 Å². The molecule has 0 saturated carbocycles. The van der Waals surface area contributed by atoms with E-state index in [9.17, 15) is 9.59 Å². The van der Waals surface area contributed by atoms with Crippen LogP contribution in [-0.4, -0.2) is 33.5 Å². The van der Waals surface area contributed by atoms with Gasteiger partial charge in [-0.1, -0.05) is 19.8 Å². The summed E-state index contributed by atoms with van der Waals surface area (Å²) >= 11 is 0. The van der Waals surface area contributed by atoms with E-state index in [-0.39, 0.29) is 12.3 Å². The van der Waals surface area contributed by atoms with Gasteiger partial charge in [0.05, 0.1) is 6.20 Å². The number of carbonyl (C=O) groups is 2. The van der Waals surface area contributed by atoms with Crippen LogP contribution in [0, 0.1) is 5.92 Å². The highest BCUT2D eigenvalue weighted by molar-refractivity contribution is 5.91. The van der Waals surface area contributed by atoms with Gasteiger partial charge in [-0.2, -0.15) is 0 Å². The minimum absolute atomic E-state index is 0.183. The highest BCUT2D eigenvalue weighted by Gasteiger charge is 2.12. The Morgan fingerprint density at radius 1 is 1.30 bits per heavy atom. The fourth-order valence-corrected chi connectivity index (χ4v) is 2.07. The first-order chi connectivity index (χ1) is 9.63. The topological polar surface area (TPSA) is 92.2 Å². The Hall–Kier alpha value is -1.98. The van der Waals surface area contributed by atoms with E-state index in [1.165, 1.54) is 18.6 Å². The van der Waals surface area contributed by atoms with Gasteiger partial charge in [0.15, 0.2) is 0 Å². The number of nitrogens with zero attached hydrogens (tertiary/aromatic N) is 2. The van der Waals surface area contributed by atoms with Crippen molar-refractivity contribution in [2.45, 2.75) is 39.0 Å². The van der Waals surface area contributed by atoms with Gasteiger partial charge in [0.1, 0.15) is 5.69 Å². The fraction of sp³-hybridized carbons (Fsp3) is 0.571. The van der Waals surface area contributed by atoms with Crippen molar-refractivity contribution in [3.05, 3.63) is 24.3 Å². The quantitative estimate of drug-likeness (QED) is 0.720. The predicted molar refractivity (Wildman–Crippen MR) is 74.3 cm³/mol. The van der Waals surface area contributed by atoms with Crippen molar-refractivity contribution in [1.29, 1.82) is 0 Å². The Bertz CT molecular complexity index is 423. The third-order valence-electron chi connectivity index (χ3n) is 3.10. The van der Waals surface area contributed by atoms with Crippen molar-refractivity contribution >= 4 is 11.9 Å². The van der Waals surface area contributed by atoms with Crippen LogP contribution in [0.25, 0.3) is 0 Å². The van der Waals surface area contributed by atoms with Gasteiger partial charge in [-0.25, -0.2) is 4.98 Å². The molecule has 0 aliphatic carbocycles. The minimum Gasteiger partial charge on any atom is -0.481 e. The second-order valence-corrected chi connectivity index (χ2v) is 4.72. The largest absolute Gasteiger partial charge is 0.481 e. The minimum atomic E-state index is -0.769. The van der Waals surface area contributed by atoms with E-state index in [1.807, 2.05) is 0 Å². The molecule has 0 bridgehead atoms. The number of carboxylic acids is 1. The van der Waals surface area contributed by atoms with Gasteiger partial charge >= 0.3 is 5.97 Å². The van der Waals surface area contributed by atoms with Crippen LogP contribution in [0.15, 0.2) is 18.6 Å². The second kappa shape index (κ2) is 9.01. The summed E-state index contributed by atoms with van der Waals surface area (Å²) in [5.41, 5.74) is 0.296. The molecular weight excluding hydrogens is 258 g/mol. The lowest BCUT2D eigenvalue weighted by atomic mass is 9.94. The maximum Gasteiger partial charge on any atom is 0.303 e. The van der Waals surface area contributed by atoms with Crippen LogP contribution in [0.3, 0.4) is 0 Å². The van der Waals surface area contributed by atoms with Crippen molar-refractivity contribution in [3.63, 3.8) is 0 Å². The van der Waals surface area contributed by atoms with Gasteiger partial charge in [0, 0.05) is 25.4 Å². The zero-order valence-electron chi connectivity index (χ0n) is 11.7. The Balaban J connectivity index is 2.32. The van der Waals surface area contributed by atoms with E-state index in [0.29, 0.717) is 24.6 Å². The first-order valence-electron chi connectivity index (χ1n) is 6.89. The van der Waals surface area contributed by atoms with Crippen LogP contribution in [0.4, 0.5) is 0 Å². The lowest BCUT2D eigenvalue weighted by Crippen LogP contribution is -2.27. The number of aliphatic carboxylic acids is 1. The normalized spacial score (nSPS) is 11.8. The number of amides is 1. The fourth-order valence-electron chi connectivity index (χ4n) is 2.07. The molecule has 1 rings (SSSR count). The lowest BCUT2D eigenvalue weighted by molar-refractivity contribution is -0.137. The van der Waals surface area contributed by atoms with Gasteiger partial charge < -0.3 is 10.4 Å². The van der Waals surface area contributed by atoms with Crippen molar-refractivity contribution < 1.29 is 14.7 Å². The molecule has 0 aromatic carbocycles. The highest BCUT2D eigenvalue weighted by atomic mass is 16.4. The maximum absolute atomic E-state index is 11.7. The molecule has 1 unspecified atom stereocenters. The Labute approximate surface area is 118 Å². The SMILES string of the molecule is CCCC(CCNC(=O)c1cnccn1)CCC(=O)O. The molecule has 1 aromatic rings. The molecule has 2 N–H and O–H groups in total.